The number of nitrogens with one attached hydrogen (secondary N) is 1. The predicted octanol–water partition coefficient (Wildman–Crippen LogP) is 3.50. The fraction of sp³-hybridized carbons (Fsp3) is 0.143. The molecular formula is C14H13Cl2N3O. The van der Waals surface area contributed by atoms with Gasteiger partial charge in [-0.2, -0.15) is 0 Å². The van der Waals surface area contributed by atoms with Crippen LogP contribution in [0.1, 0.15) is 16.2 Å². The van der Waals surface area contributed by atoms with Crippen molar-refractivity contribution < 1.29 is 4.79 Å². The molecule has 0 atom stereocenters. The first kappa shape index (κ1) is 14.6. The molecule has 0 radical (unpaired) electrons. The standard InChI is InChI=1S/C14H13Cl2N3O/c1-19(2)8-11(14-17-5-6-18-14)13(20)10-4-3-9(15)7-12(10)16/h3-8H,1-2H3,(H,17,18). The molecule has 0 aliphatic heterocycles. The van der Waals surface area contributed by atoms with Crippen molar-refractivity contribution in [3.05, 3.63) is 58.2 Å². The topological polar surface area (TPSA) is 49.0 Å². The van der Waals surface area contributed by atoms with E-state index in [1.807, 2.05) is 14.1 Å². The van der Waals surface area contributed by atoms with Gasteiger partial charge in [0.05, 0.1) is 10.6 Å². The molecule has 0 saturated heterocycles. The van der Waals surface area contributed by atoms with Gasteiger partial charge in [-0.25, -0.2) is 4.98 Å². The highest BCUT2D eigenvalue weighted by atomic mass is 35.5. The van der Waals surface area contributed by atoms with Crippen LogP contribution >= 0.6 is 23.2 Å². The highest BCUT2D eigenvalue weighted by Gasteiger charge is 2.19. The van der Waals surface area contributed by atoms with Crippen LogP contribution in [0, 0.1) is 0 Å². The van der Waals surface area contributed by atoms with Crippen LogP contribution in [-0.4, -0.2) is 34.7 Å². The molecule has 0 fully saturated rings. The van der Waals surface area contributed by atoms with Crippen molar-refractivity contribution in [2.75, 3.05) is 14.1 Å². The quantitative estimate of drug-likeness (QED) is 0.694. The zero-order valence-electron chi connectivity index (χ0n) is 11.0. The lowest BCUT2D eigenvalue weighted by Gasteiger charge is -2.10. The van der Waals surface area contributed by atoms with Crippen molar-refractivity contribution in [3.63, 3.8) is 0 Å². The molecule has 1 aromatic carbocycles. The molecule has 0 unspecified atom stereocenters. The average molecular weight is 310 g/mol. The summed E-state index contributed by atoms with van der Waals surface area (Å²) in [6.45, 7) is 0. The van der Waals surface area contributed by atoms with E-state index in [2.05, 4.69) is 9.97 Å². The van der Waals surface area contributed by atoms with Gasteiger partial charge < -0.3 is 9.88 Å². The Morgan fingerprint density at radius 2 is 2.10 bits per heavy atom. The summed E-state index contributed by atoms with van der Waals surface area (Å²) < 4.78 is 0. The van der Waals surface area contributed by atoms with Gasteiger partial charge in [0, 0.05) is 43.3 Å². The smallest absolute Gasteiger partial charge is 0.199 e. The maximum atomic E-state index is 12.6. The molecule has 1 N–H and O–H groups in total. The summed E-state index contributed by atoms with van der Waals surface area (Å²) >= 11 is 11.9. The van der Waals surface area contributed by atoms with E-state index >= 15 is 0 Å². The third-order valence-corrected chi connectivity index (χ3v) is 3.11. The van der Waals surface area contributed by atoms with Gasteiger partial charge in [0.15, 0.2) is 5.78 Å². The Morgan fingerprint density at radius 1 is 1.35 bits per heavy atom. The van der Waals surface area contributed by atoms with E-state index in [4.69, 9.17) is 23.2 Å². The largest absolute Gasteiger partial charge is 0.383 e. The minimum atomic E-state index is -0.213. The first-order chi connectivity index (χ1) is 9.49. The number of H-pyrrole nitrogens is 1. The lowest BCUT2D eigenvalue weighted by Crippen LogP contribution is -2.10. The molecule has 1 aromatic heterocycles. The molecular weight excluding hydrogens is 297 g/mol. The third kappa shape index (κ3) is 3.21. The van der Waals surface area contributed by atoms with E-state index in [0.29, 0.717) is 27.0 Å². The minimum absolute atomic E-state index is 0.213. The summed E-state index contributed by atoms with van der Waals surface area (Å²) in [4.78, 5) is 21.5. The van der Waals surface area contributed by atoms with E-state index in [-0.39, 0.29) is 5.78 Å². The van der Waals surface area contributed by atoms with Crippen LogP contribution in [0.25, 0.3) is 5.57 Å². The molecule has 0 saturated carbocycles. The van der Waals surface area contributed by atoms with Gasteiger partial charge >= 0.3 is 0 Å². The zero-order valence-corrected chi connectivity index (χ0v) is 12.5. The molecule has 2 aromatic rings. The van der Waals surface area contributed by atoms with E-state index in [9.17, 15) is 4.79 Å². The summed E-state index contributed by atoms with van der Waals surface area (Å²) in [5.41, 5.74) is 0.824. The highest BCUT2D eigenvalue weighted by Crippen LogP contribution is 2.26. The Morgan fingerprint density at radius 3 is 2.65 bits per heavy atom. The molecule has 0 aliphatic carbocycles. The van der Waals surface area contributed by atoms with Crippen LogP contribution in [0.4, 0.5) is 0 Å². The number of benzene rings is 1. The summed E-state index contributed by atoms with van der Waals surface area (Å²) in [5.74, 6) is 0.282. The number of nitrogens with zero attached hydrogens (tertiary/aromatic N) is 2. The number of imidazole rings is 1. The second-order valence-corrected chi connectivity index (χ2v) is 5.24. The second kappa shape index (κ2) is 6.11. The number of aromatic nitrogens is 2. The number of carbonyl (C=O) groups excluding carboxylic acids is 1. The Labute approximate surface area is 127 Å². The molecule has 0 amide bonds. The van der Waals surface area contributed by atoms with Crippen LogP contribution in [0.15, 0.2) is 36.8 Å². The number of rotatable bonds is 4. The van der Waals surface area contributed by atoms with Crippen LogP contribution < -0.4 is 0 Å². The average Bonchev–Trinajstić information content (AvgIpc) is 2.88. The van der Waals surface area contributed by atoms with E-state index in [0.717, 1.165) is 0 Å². The Hall–Kier alpha value is -1.78. The van der Waals surface area contributed by atoms with Gasteiger partial charge in [-0.3, -0.25) is 4.79 Å². The molecule has 4 nitrogen and oxygen atoms in total. The Balaban J connectivity index is 2.47. The molecule has 0 aliphatic rings. The van der Waals surface area contributed by atoms with Gasteiger partial charge in [0.25, 0.3) is 0 Å². The van der Waals surface area contributed by atoms with Crippen molar-refractivity contribution in [2.45, 2.75) is 0 Å². The number of ketones is 1. The molecule has 0 spiro atoms. The van der Waals surface area contributed by atoms with Crippen molar-refractivity contribution in [2.24, 2.45) is 0 Å². The summed E-state index contributed by atoms with van der Waals surface area (Å²) in [6.07, 6.45) is 4.96. The second-order valence-electron chi connectivity index (χ2n) is 4.40. The first-order valence-corrected chi connectivity index (χ1v) is 6.62. The molecule has 20 heavy (non-hydrogen) atoms. The third-order valence-electron chi connectivity index (χ3n) is 2.56. The van der Waals surface area contributed by atoms with Gasteiger partial charge in [-0.05, 0) is 18.2 Å². The maximum absolute atomic E-state index is 12.6. The summed E-state index contributed by atoms with van der Waals surface area (Å²) in [6, 6.07) is 4.79. The van der Waals surface area contributed by atoms with Crippen LogP contribution in [-0.2, 0) is 0 Å². The van der Waals surface area contributed by atoms with Crippen LogP contribution in [0.2, 0.25) is 10.0 Å². The van der Waals surface area contributed by atoms with Gasteiger partial charge in [0.1, 0.15) is 5.82 Å². The summed E-state index contributed by atoms with van der Waals surface area (Å²) in [7, 11) is 3.67. The van der Waals surface area contributed by atoms with Crippen LogP contribution in [0.3, 0.4) is 0 Å². The molecule has 104 valence electrons. The van der Waals surface area contributed by atoms with E-state index in [1.165, 1.54) is 0 Å². The molecule has 0 bridgehead atoms. The summed E-state index contributed by atoms with van der Waals surface area (Å²) in [5, 5.41) is 0.807. The monoisotopic (exact) mass is 309 g/mol. The maximum Gasteiger partial charge on any atom is 0.199 e. The normalized spacial score (nSPS) is 11.5. The molecule has 2 rings (SSSR count). The fourth-order valence-corrected chi connectivity index (χ4v) is 2.21. The number of hydrogen-bond acceptors (Lipinski definition) is 3. The lowest BCUT2D eigenvalue weighted by atomic mass is 10.0. The van der Waals surface area contributed by atoms with E-state index in [1.54, 1.807) is 41.7 Å². The highest BCUT2D eigenvalue weighted by molar-refractivity contribution is 6.40. The van der Waals surface area contributed by atoms with Crippen LogP contribution in [0.5, 0.6) is 0 Å². The number of Topliss-reactive ketones (excluding diaryl/α,β-unsaturated/α-hetero) is 1. The van der Waals surface area contributed by atoms with Crippen molar-refractivity contribution in [3.8, 4) is 0 Å². The number of halogens is 2. The van der Waals surface area contributed by atoms with Crippen molar-refractivity contribution >= 4 is 34.6 Å². The lowest BCUT2D eigenvalue weighted by molar-refractivity contribution is 0.105. The van der Waals surface area contributed by atoms with E-state index < -0.39 is 0 Å². The Kier molecular flexibility index (Phi) is 4.47. The Bertz CT molecular complexity index is 648. The van der Waals surface area contributed by atoms with Gasteiger partial charge in [-0.15, -0.1) is 0 Å². The number of hydrogen-bond donors (Lipinski definition) is 1. The SMILES string of the molecule is CN(C)C=C(C(=O)c1ccc(Cl)cc1Cl)c1ncc[nH]1. The first-order valence-electron chi connectivity index (χ1n) is 5.87. The molecule has 1 heterocycles. The number of carbonyl (C=O) groups is 1. The fourth-order valence-electron chi connectivity index (χ4n) is 1.72. The van der Waals surface area contributed by atoms with Crippen molar-refractivity contribution in [1.29, 1.82) is 0 Å². The number of allylic oxidation sites excluding steroid dienone is 1. The minimum Gasteiger partial charge on any atom is -0.383 e. The van der Waals surface area contributed by atoms with Gasteiger partial charge in [0.2, 0.25) is 0 Å². The molecule has 6 heteroatoms. The van der Waals surface area contributed by atoms with Gasteiger partial charge in [-0.1, -0.05) is 23.2 Å². The van der Waals surface area contributed by atoms with Crippen molar-refractivity contribution in [1.82, 2.24) is 14.9 Å². The zero-order chi connectivity index (χ0) is 14.7. The predicted molar refractivity (Wildman–Crippen MR) is 81.0 cm³/mol. The number of aromatic amines is 1.